The van der Waals surface area contributed by atoms with Gasteiger partial charge in [0.05, 0.1) is 6.61 Å². The van der Waals surface area contributed by atoms with Gasteiger partial charge >= 0.3 is 0 Å². The zero-order valence-corrected chi connectivity index (χ0v) is 8.58. The van der Waals surface area contributed by atoms with Crippen molar-refractivity contribution >= 4 is 17.5 Å². The maximum absolute atomic E-state index is 9.62. The van der Waals surface area contributed by atoms with Gasteiger partial charge in [0.1, 0.15) is 0 Å². The molecule has 0 aliphatic heterocycles. The molecule has 0 saturated heterocycles. The van der Waals surface area contributed by atoms with Gasteiger partial charge < -0.3 is 9.84 Å². The normalized spacial score (nSPS) is 12.2. The van der Waals surface area contributed by atoms with Gasteiger partial charge in [-0.3, -0.25) is 5.41 Å². The van der Waals surface area contributed by atoms with Crippen molar-refractivity contribution in [2.75, 3.05) is 6.61 Å². The van der Waals surface area contributed by atoms with Gasteiger partial charge in [-0.1, -0.05) is 23.7 Å². The molecule has 2 N–H and O–H groups in total. The summed E-state index contributed by atoms with van der Waals surface area (Å²) in [6.45, 7) is 2.15. The van der Waals surface area contributed by atoms with E-state index in [9.17, 15) is 5.11 Å². The summed E-state index contributed by atoms with van der Waals surface area (Å²) >= 11 is 5.69. The van der Waals surface area contributed by atoms with E-state index < -0.39 is 6.10 Å². The molecule has 76 valence electrons. The van der Waals surface area contributed by atoms with Gasteiger partial charge in [-0.2, -0.15) is 0 Å². The Kier molecular flexibility index (Phi) is 3.92. The molecule has 0 heterocycles. The van der Waals surface area contributed by atoms with E-state index in [-0.39, 0.29) is 5.90 Å². The number of aliphatic hydroxyl groups is 1. The Morgan fingerprint density at radius 3 is 2.57 bits per heavy atom. The molecule has 1 atom stereocenters. The van der Waals surface area contributed by atoms with Gasteiger partial charge in [0.25, 0.3) is 0 Å². The Balaban J connectivity index is 2.73. The fraction of sp³-hybridized carbons (Fsp3) is 0.300. The van der Waals surface area contributed by atoms with Crippen LogP contribution in [-0.2, 0) is 4.74 Å². The fourth-order valence-electron chi connectivity index (χ4n) is 1.03. The molecule has 0 aliphatic rings. The topological polar surface area (TPSA) is 53.3 Å². The first kappa shape index (κ1) is 11.0. The molecule has 0 unspecified atom stereocenters. The van der Waals surface area contributed by atoms with Crippen LogP contribution < -0.4 is 0 Å². The minimum atomic E-state index is -1.01. The quantitative estimate of drug-likeness (QED) is 0.598. The summed E-state index contributed by atoms with van der Waals surface area (Å²) in [6.07, 6.45) is -1.01. The summed E-state index contributed by atoms with van der Waals surface area (Å²) in [6, 6.07) is 6.67. The third-order valence-electron chi connectivity index (χ3n) is 1.73. The van der Waals surface area contributed by atoms with Crippen molar-refractivity contribution in [2.24, 2.45) is 0 Å². The third-order valence-corrected chi connectivity index (χ3v) is 1.99. The lowest BCUT2D eigenvalue weighted by molar-refractivity contribution is 0.190. The van der Waals surface area contributed by atoms with Crippen molar-refractivity contribution in [2.45, 2.75) is 13.0 Å². The molecule has 3 nitrogen and oxygen atoms in total. The Morgan fingerprint density at radius 2 is 2.07 bits per heavy atom. The molecule has 1 aromatic rings. The van der Waals surface area contributed by atoms with Crippen LogP contribution in [0.25, 0.3) is 0 Å². The summed E-state index contributed by atoms with van der Waals surface area (Å²) in [7, 11) is 0. The lowest BCUT2D eigenvalue weighted by Gasteiger charge is -2.12. The predicted octanol–water partition coefficient (Wildman–Crippen LogP) is 2.39. The third kappa shape index (κ3) is 2.72. The van der Waals surface area contributed by atoms with Gasteiger partial charge in [0, 0.05) is 5.02 Å². The molecule has 0 fully saturated rings. The highest BCUT2D eigenvalue weighted by Crippen LogP contribution is 2.17. The standard InChI is InChI=1S/C10H12ClNO2/c1-2-14-10(12)9(13)7-3-5-8(11)6-4-7/h3-6,9,12-13H,2H2,1H3/t9-/m0/s1. The van der Waals surface area contributed by atoms with Crippen molar-refractivity contribution in [1.82, 2.24) is 0 Å². The molecule has 1 aromatic carbocycles. The second kappa shape index (κ2) is 4.98. The van der Waals surface area contributed by atoms with E-state index >= 15 is 0 Å². The van der Waals surface area contributed by atoms with Crippen LogP contribution >= 0.6 is 11.6 Å². The first-order chi connectivity index (χ1) is 6.65. The van der Waals surface area contributed by atoms with Gasteiger partial charge in [-0.25, -0.2) is 0 Å². The number of nitrogens with one attached hydrogen (secondary N) is 1. The largest absolute Gasteiger partial charge is 0.479 e. The van der Waals surface area contributed by atoms with E-state index in [1.807, 2.05) is 0 Å². The van der Waals surface area contributed by atoms with E-state index in [1.165, 1.54) is 0 Å². The molecular formula is C10H12ClNO2. The summed E-state index contributed by atoms with van der Waals surface area (Å²) in [4.78, 5) is 0. The molecule has 0 aromatic heterocycles. The van der Waals surface area contributed by atoms with Gasteiger partial charge in [0.2, 0.25) is 5.90 Å². The molecule has 4 heteroatoms. The van der Waals surface area contributed by atoms with Crippen LogP contribution in [-0.4, -0.2) is 17.6 Å². The Bertz CT molecular complexity index is 310. The number of benzene rings is 1. The smallest absolute Gasteiger partial charge is 0.214 e. The highest BCUT2D eigenvalue weighted by molar-refractivity contribution is 6.30. The molecule has 0 bridgehead atoms. The minimum absolute atomic E-state index is 0.144. The molecule has 0 aliphatic carbocycles. The molecule has 0 radical (unpaired) electrons. The minimum Gasteiger partial charge on any atom is -0.479 e. The molecule has 0 spiro atoms. The van der Waals surface area contributed by atoms with Gasteiger partial charge in [0.15, 0.2) is 6.10 Å². The number of rotatable bonds is 3. The fourth-order valence-corrected chi connectivity index (χ4v) is 1.16. The average Bonchev–Trinajstić information content (AvgIpc) is 2.18. The van der Waals surface area contributed by atoms with E-state index in [4.69, 9.17) is 21.7 Å². The summed E-state index contributed by atoms with van der Waals surface area (Å²) < 4.78 is 4.89. The molecule has 0 saturated carbocycles. The van der Waals surface area contributed by atoms with Crippen LogP contribution in [0, 0.1) is 5.41 Å². The first-order valence-corrected chi connectivity index (χ1v) is 4.67. The van der Waals surface area contributed by atoms with Crippen LogP contribution in [0.1, 0.15) is 18.6 Å². The van der Waals surface area contributed by atoms with Crippen LogP contribution in [0.4, 0.5) is 0 Å². The highest BCUT2D eigenvalue weighted by atomic mass is 35.5. The van der Waals surface area contributed by atoms with E-state index in [0.717, 1.165) is 0 Å². The van der Waals surface area contributed by atoms with Crippen molar-refractivity contribution in [3.05, 3.63) is 34.9 Å². The molecule has 0 amide bonds. The lowest BCUT2D eigenvalue weighted by atomic mass is 10.1. The zero-order chi connectivity index (χ0) is 10.6. The summed E-state index contributed by atoms with van der Waals surface area (Å²) in [5, 5.41) is 17.6. The SMILES string of the molecule is CCOC(=N)[C@@H](O)c1ccc(Cl)cc1. The van der Waals surface area contributed by atoms with E-state index in [1.54, 1.807) is 31.2 Å². The first-order valence-electron chi connectivity index (χ1n) is 4.30. The zero-order valence-electron chi connectivity index (χ0n) is 7.83. The van der Waals surface area contributed by atoms with E-state index in [0.29, 0.717) is 17.2 Å². The molecule has 14 heavy (non-hydrogen) atoms. The van der Waals surface area contributed by atoms with Gasteiger partial charge in [-0.15, -0.1) is 0 Å². The summed E-state index contributed by atoms with van der Waals surface area (Å²) in [5.41, 5.74) is 0.604. The van der Waals surface area contributed by atoms with Gasteiger partial charge in [-0.05, 0) is 24.6 Å². The highest BCUT2D eigenvalue weighted by Gasteiger charge is 2.13. The number of halogens is 1. The van der Waals surface area contributed by atoms with Crippen molar-refractivity contribution < 1.29 is 9.84 Å². The average molecular weight is 214 g/mol. The Morgan fingerprint density at radius 1 is 1.50 bits per heavy atom. The monoisotopic (exact) mass is 213 g/mol. The maximum Gasteiger partial charge on any atom is 0.214 e. The molecule has 1 rings (SSSR count). The van der Waals surface area contributed by atoms with Crippen LogP contribution in [0.15, 0.2) is 24.3 Å². The van der Waals surface area contributed by atoms with Crippen molar-refractivity contribution in [3.8, 4) is 0 Å². The summed E-state index contributed by atoms with van der Waals surface area (Å²) in [5.74, 6) is -0.144. The van der Waals surface area contributed by atoms with Crippen LogP contribution in [0.3, 0.4) is 0 Å². The van der Waals surface area contributed by atoms with Crippen molar-refractivity contribution in [3.63, 3.8) is 0 Å². The number of hydrogen-bond donors (Lipinski definition) is 2. The Labute approximate surface area is 87.8 Å². The lowest BCUT2D eigenvalue weighted by Crippen LogP contribution is -2.14. The Hall–Kier alpha value is -1.06. The second-order valence-corrected chi connectivity index (χ2v) is 3.19. The second-order valence-electron chi connectivity index (χ2n) is 2.75. The van der Waals surface area contributed by atoms with Crippen LogP contribution in [0.2, 0.25) is 5.02 Å². The van der Waals surface area contributed by atoms with Crippen molar-refractivity contribution in [1.29, 1.82) is 5.41 Å². The van der Waals surface area contributed by atoms with Crippen LogP contribution in [0.5, 0.6) is 0 Å². The number of aliphatic hydroxyl groups excluding tert-OH is 1. The number of ether oxygens (including phenoxy) is 1. The van der Waals surface area contributed by atoms with E-state index in [2.05, 4.69) is 0 Å². The molecular weight excluding hydrogens is 202 g/mol. The maximum atomic E-state index is 9.62. The predicted molar refractivity (Wildman–Crippen MR) is 55.8 cm³/mol. The number of hydrogen-bond acceptors (Lipinski definition) is 3.